The lowest BCUT2D eigenvalue weighted by Crippen LogP contribution is -2.14. The smallest absolute Gasteiger partial charge is 0.247 e. The minimum absolute atomic E-state index is 0.144. The maximum Gasteiger partial charge on any atom is 0.247 e. The van der Waals surface area contributed by atoms with Crippen LogP contribution in [-0.4, -0.2) is 31.8 Å². The number of aryl methyl sites for hydroxylation is 1. The number of fused-ring (bicyclic) bond motifs is 1. The second kappa shape index (κ2) is 7.31. The number of nitrogens with one attached hydrogen (secondary N) is 2. The molecule has 1 aromatic carbocycles. The molecule has 3 aromatic heterocycles. The van der Waals surface area contributed by atoms with Gasteiger partial charge in [-0.2, -0.15) is 0 Å². The molecule has 0 amide bonds. The third-order valence-electron chi connectivity index (χ3n) is 5.30. The number of rotatable bonds is 4. The van der Waals surface area contributed by atoms with Crippen LogP contribution < -0.4 is 5.32 Å². The maximum atomic E-state index is 5.99. The zero-order valence-corrected chi connectivity index (χ0v) is 17.5. The third-order valence-corrected chi connectivity index (χ3v) is 6.24. The van der Waals surface area contributed by atoms with Gasteiger partial charge in [0.15, 0.2) is 0 Å². The molecule has 4 aromatic rings. The van der Waals surface area contributed by atoms with Gasteiger partial charge in [-0.3, -0.25) is 10.3 Å². The number of hydrogen-bond acceptors (Lipinski definition) is 6. The molecule has 0 aliphatic carbocycles. The van der Waals surface area contributed by atoms with Crippen LogP contribution in [0.1, 0.15) is 43.0 Å². The van der Waals surface area contributed by atoms with E-state index in [1.807, 2.05) is 30.9 Å². The van der Waals surface area contributed by atoms with E-state index >= 15 is 0 Å². The molecule has 1 saturated heterocycles. The molecule has 148 valence electrons. The summed E-state index contributed by atoms with van der Waals surface area (Å²) >= 11 is 1.84. The van der Waals surface area contributed by atoms with Crippen LogP contribution in [0.3, 0.4) is 0 Å². The first-order valence-corrected chi connectivity index (χ1v) is 11.0. The second-order valence-electron chi connectivity index (χ2n) is 7.73. The summed E-state index contributed by atoms with van der Waals surface area (Å²) < 4.78 is 5.99. The van der Waals surface area contributed by atoms with Gasteiger partial charge >= 0.3 is 0 Å². The number of pyridine rings is 1. The van der Waals surface area contributed by atoms with Gasteiger partial charge in [0.2, 0.25) is 11.8 Å². The van der Waals surface area contributed by atoms with Gasteiger partial charge in [0, 0.05) is 45.6 Å². The first-order chi connectivity index (χ1) is 14.1. The van der Waals surface area contributed by atoms with E-state index in [1.165, 1.54) is 10.9 Å². The van der Waals surface area contributed by atoms with Crippen molar-refractivity contribution in [2.45, 2.75) is 32.7 Å². The standard InChI is InChI=1S/C22H23N5OS/c1-12(2)19-16-9-15(21-26-27-22(28-21)18-10-29-11-24-18)4-5-17(16)25-20(19)14-6-7-23-13(3)8-14/h4-9,12,18,24-25H,10-11H2,1-3H3/t18-/m0/s1. The average Bonchev–Trinajstić information content (AvgIpc) is 3.45. The summed E-state index contributed by atoms with van der Waals surface area (Å²) in [6, 6.07) is 10.6. The van der Waals surface area contributed by atoms with Gasteiger partial charge < -0.3 is 9.40 Å². The van der Waals surface area contributed by atoms with Crippen LogP contribution in [0.15, 0.2) is 40.9 Å². The number of hydrogen-bond donors (Lipinski definition) is 2. The minimum Gasteiger partial charge on any atom is -0.419 e. The molecule has 0 bridgehead atoms. The highest BCUT2D eigenvalue weighted by Crippen LogP contribution is 2.37. The molecule has 2 N–H and O–H groups in total. The summed E-state index contributed by atoms with van der Waals surface area (Å²) in [4.78, 5) is 7.94. The molecule has 5 rings (SSSR count). The zero-order chi connectivity index (χ0) is 20.0. The van der Waals surface area contributed by atoms with Gasteiger partial charge in [0.25, 0.3) is 0 Å². The quantitative estimate of drug-likeness (QED) is 0.495. The Hall–Kier alpha value is -2.64. The van der Waals surface area contributed by atoms with Crippen molar-refractivity contribution in [3.63, 3.8) is 0 Å². The van der Waals surface area contributed by atoms with E-state index in [1.54, 1.807) is 0 Å². The van der Waals surface area contributed by atoms with E-state index < -0.39 is 0 Å². The molecule has 7 heteroatoms. The predicted molar refractivity (Wildman–Crippen MR) is 117 cm³/mol. The highest BCUT2D eigenvalue weighted by atomic mass is 32.2. The molecule has 1 fully saturated rings. The lowest BCUT2D eigenvalue weighted by Gasteiger charge is -2.09. The fourth-order valence-electron chi connectivity index (χ4n) is 3.92. The molecule has 29 heavy (non-hydrogen) atoms. The number of thioether (sulfide) groups is 1. The Balaban J connectivity index is 1.60. The van der Waals surface area contributed by atoms with Crippen molar-refractivity contribution in [2.75, 3.05) is 11.6 Å². The molecule has 4 heterocycles. The Labute approximate surface area is 173 Å². The zero-order valence-electron chi connectivity index (χ0n) is 16.7. The monoisotopic (exact) mass is 405 g/mol. The summed E-state index contributed by atoms with van der Waals surface area (Å²) in [5, 5.41) is 13.1. The van der Waals surface area contributed by atoms with Crippen LogP contribution in [-0.2, 0) is 0 Å². The van der Waals surface area contributed by atoms with Crippen LogP contribution in [0, 0.1) is 6.92 Å². The molecule has 0 unspecified atom stereocenters. The number of benzene rings is 1. The van der Waals surface area contributed by atoms with Crippen molar-refractivity contribution in [1.29, 1.82) is 0 Å². The maximum absolute atomic E-state index is 5.99. The fourth-order valence-corrected chi connectivity index (χ4v) is 4.85. The lowest BCUT2D eigenvalue weighted by atomic mass is 9.95. The Bertz CT molecular complexity index is 1170. The summed E-state index contributed by atoms with van der Waals surface area (Å²) in [7, 11) is 0. The van der Waals surface area contributed by atoms with E-state index in [4.69, 9.17) is 4.42 Å². The number of aromatic amines is 1. The Morgan fingerprint density at radius 3 is 2.79 bits per heavy atom. The van der Waals surface area contributed by atoms with E-state index in [0.29, 0.717) is 17.7 Å². The molecule has 0 spiro atoms. The highest BCUT2D eigenvalue weighted by Gasteiger charge is 2.23. The number of aromatic nitrogens is 4. The summed E-state index contributed by atoms with van der Waals surface area (Å²) in [6.07, 6.45) is 1.86. The number of H-pyrrole nitrogens is 1. The average molecular weight is 406 g/mol. The SMILES string of the molecule is Cc1cc(-c2[nH]c3ccc(-c4nnc([C@@H]5CSCN5)o4)cc3c2C(C)C)ccn1. The summed E-state index contributed by atoms with van der Waals surface area (Å²) in [5.41, 5.74) is 6.66. The first-order valence-electron chi connectivity index (χ1n) is 9.83. The van der Waals surface area contributed by atoms with Crippen molar-refractivity contribution in [1.82, 2.24) is 25.5 Å². The fraction of sp³-hybridized carbons (Fsp3) is 0.318. The van der Waals surface area contributed by atoms with E-state index in [9.17, 15) is 0 Å². The van der Waals surface area contributed by atoms with Gasteiger partial charge in [0.05, 0.1) is 11.7 Å². The van der Waals surface area contributed by atoms with Crippen molar-refractivity contribution in [3.8, 4) is 22.7 Å². The van der Waals surface area contributed by atoms with Gasteiger partial charge in [-0.15, -0.1) is 22.0 Å². The molecule has 1 aliphatic rings. The molecular weight excluding hydrogens is 382 g/mol. The normalized spacial score (nSPS) is 16.9. The molecular formula is C22H23N5OS. The lowest BCUT2D eigenvalue weighted by molar-refractivity contribution is 0.449. The van der Waals surface area contributed by atoms with Crippen LogP contribution in [0.5, 0.6) is 0 Å². The molecule has 1 aliphatic heterocycles. The topological polar surface area (TPSA) is 79.6 Å². The molecule has 1 atom stereocenters. The Morgan fingerprint density at radius 2 is 2.03 bits per heavy atom. The Kier molecular flexibility index (Phi) is 4.64. The van der Waals surface area contributed by atoms with Gasteiger partial charge in [-0.25, -0.2) is 0 Å². The minimum atomic E-state index is 0.144. The Morgan fingerprint density at radius 1 is 1.14 bits per heavy atom. The molecule has 0 saturated carbocycles. The summed E-state index contributed by atoms with van der Waals surface area (Å²) in [5.74, 6) is 3.48. The van der Waals surface area contributed by atoms with Crippen molar-refractivity contribution in [2.24, 2.45) is 0 Å². The van der Waals surface area contributed by atoms with Crippen LogP contribution in [0.25, 0.3) is 33.6 Å². The highest BCUT2D eigenvalue weighted by molar-refractivity contribution is 7.99. The van der Waals surface area contributed by atoms with Crippen LogP contribution in [0.2, 0.25) is 0 Å². The van der Waals surface area contributed by atoms with Crippen LogP contribution >= 0.6 is 11.8 Å². The van der Waals surface area contributed by atoms with Gasteiger partial charge in [-0.1, -0.05) is 13.8 Å². The largest absolute Gasteiger partial charge is 0.419 e. The van der Waals surface area contributed by atoms with Crippen LogP contribution in [0.4, 0.5) is 0 Å². The summed E-state index contributed by atoms with van der Waals surface area (Å²) in [6.45, 7) is 6.46. The number of nitrogens with zero attached hydrogens (tertiary/aromatic N) is 3. The van der Waals surface area contributed by atoms with E-state index in [0.717, 1.165) is 39.7 Å². The van der Waals surface area contributed by atoms with Crippen molar-refractivity contribution < 1.29 is 4.42 Å². The first kappa shape index (κ1) is 18.4. The van der Waals surface area contributed by atoms with Crippen molar-refractivity contribution in [3.05, 3.63) is 53.7 Å². The predicted octanol–water partition coefficient (Wildman–Crippen LogP) is 5.05. The van der Waals surface area contributed by atoms with E-state index in [2.05, 4.69) is 63.6 Å². The van der Waals surface area contributed by atoms with Gasteiger partial charge in [-0.05, 0) is 48.7 Å². The third kappa shape index (κ3) is 3.34. The van der Waals surface area contributed by atoms with Gasteiger partial charge in [0.1, 0.15) is 0 Å². The van der Waals surface area contributed by atoms with E-state index in [-0.39, 0.29) is 6.04 Å². The van der Waals surface area contributed by atoms with Crippen molar-refractivity contribution >= 4 is 22.7 Å². The molecule has 0 radical (unpaired) electrons. The molecule has 6 nitrogen and oxygen atoms in total. The second-order valence-corrected chi connectivity index (χ2v) is 8.76.